The second-order valence-corrected chi connectivity index (χ2v) is 10.4. The molecule has 0 saturated carbocycles. The summed E-state index contributed by atoms with van der Waals surface area (Å²) in [4.78, 5) is 31.4. The van der Waals surface area contributed by atoms with Gasteiger partial charge in [-0.05, 0) is 67.0 Å². The first kappa shape index (κ1) is 24.1. The summed E-state index contributed by atoms with van der Waals surface area (Å²) in [7, 11) is 0. The van der Waals surface area contributed by atoms with E-state index in [4.69, 9.17) is 0 Å². The van der Waals surface area contributed by atoms with Crippen LogP contribution in [0.2, 0.25) is 0 Å². The molecular formula is C22H43N5O2. The Labute approximate surface area is 177 Å². The van der Waals surface area contributed by atoms with Gasteiger partial charge in [0, 0.05) is 43.8 Å². The van der Waals surface area contributed by atoms with Gasteiger partial charge in [-0.2, -0.15) is 0 Å². The van der Waals surface area contributed by atoms with E-state index in [9.17, 15) is 9.59 Å². The van der Waals surface area contributed by atoms with Gasteiger partial charge in [0.1, 0.15) is 0 Å². The number of piperazine rings is 1. The molecule has 0 radical (unpaired) electrons. The Bertz CT molecular complexity index is 530. The molecule has 0 atom stereocenters. The SMILES string of the molecule is CC(C)(C)NC(=O)CN1CCN(CCC(C)(C)NC(=O)CN2CCCCC2)CC1. The van der Waals surface area contributed by atoms with E-state index in [-0.39, 0.29) is 22.9 Å². The van der Waals surface area contributed by atoms with Crippen LogP contribution in [0.3, 0.4) is 0 Å². The molecule has 7 nitrogen and oxygen atoms in total. The normalized spacial score (nSPS) is 20.4. The van der Waals surface area contributed by atoms with Gasteiger partial charge >= 0.3 is 0 Å². The summed E-state index contributed by atoms with van der Waals surface area (Å²) in [5, 5.41) is 6.26. The van der Waals surface area contributed by atoms with E-state index in [1.54, 1.807) is 0 Å². The van der Waals surface area contributed by atoms with Gasteiger partial charge in [0.15, 0.2) is 0 Å². The zero-order valence-corrected chi connectivity index (χ0v) is 19.4. The topological polar surface area (TPSA) is 67.9 Å². The fourth-order valence-corrected chi connectivity index (χ4v) is 4.07. The van der Waals surface area contributed by atoms with Crippen LogP contribution in [-0.4, -0.2) is 96.5 Å². The Morgan fingerprint density at radius 1 is 0.690 bits per heavy atom. The van der Waals surface area contributed by atoms with Crippen LogP contribution in [0.25, 0.3) is 0 Å². The number of nitrogens with one attached hydrogen (secondary N) is 2. The minimum Gasteiger partial charge on any atom is -0.350 e. The third-order valence-electron chi connectivity index (χ3n) is 5.69. The van der Waals surface area contributed by atoms with Gasteiger partial charge < -0.3 is 15.5 Å². The summed E-state index contributed by atoms with van der Waals surface area (Å²) >= 11 is 0. The molecule has 2 N–H and O–H groups in total. The summed E-state index contributed by atoms with van der Waals surface area (Å²) in [5.41, 5.74) is -0.375. The quantitative estimate of drug-likeness (QED) is 0.632. The van der Waals surface area contributed by atoms with E-state index in [0.29, 0.717) is 13.1 Å². The Hall–Kier alpha value is -1.18. The zero-order valence-electron chi connectivity index (χ0n) is 19.4. The lowest BCUT2D eigenvalue weighted by Crippen LogP contribution is -2.53. The summed E-state index contributed by atoms with van der Waals surface area (Å²) in [6.45, 7) is 18.1. The van der Waals surface area contributed by atoms with Crippen LogP contribution in [0, 0.1) is 0 Å². The third kappa shape index (κ3) is 9.92. The molecule has 2 aliphatic rings. The maximum atomic E-state index is 12.4. The van der Waals surface area contributed by atoms with Crippen LogP contribution >= 0.6 is 0 Å². The standard InChI is InChI=1S/C22H43N5O2/c1-21(2,3)23-19(28)17-27-15-13-25(14-16-27)12-9-22(4,5)24-20(29)18-26-10-7-6-8-11-26/h6-18H2,1-5H3,(H,23,28)(H,24,29). The number of amides is 2. The van der Waals surface area contributed by atoms with E-state index < -0.39 is 0 Å². The fraction of sp³-hybridized carbons (Fsp3) is 0.909. The van der Waals surface area contributed by atoms with E-state index in [1.165, 1.54) is 19.3 Å². The molecule has 0 unspecified atom stereocenters. The van der Waals surface area contributed by atoms with Crippen LogP contribution in [0.5, 0.6) is 0 Å². The van der Waals surface area contributed by atoms with Crippen molar-refractivity contribution in [1.29, 1.82) is 0 Å². The maximum absolute atomic E-state index is 12.4. The highest BCUT2D eigenvalue weighted by atomic mass is 16.2. The monoisotopic (exact) mass is 409 g/mol. The molecular weight excluding hydrogens is 366 g/mol. The average Bonchev–Trinajstić information content (AvgIpc) is 2.60. The van der Waals surface area contributed by atoms with E-state index in [0.717, 1.165) is 52.2 Å². The highest BCUT2D eigenvalue weighted by Crippen LogP contribution is 2.13. The summed E-state index contributed by atoms with van der Waals surface area (Å²) in [6.07, 6.45) is 4.64. The van der Waals surface area contributed by atoms with Gasteiger partial charge in [-0.3, -0.25) is 19.4 Å². The van der Waals surface area contributed by atoms with Gasteiger partial charge in [0.05, 0.1) is 13.1 Å². The molecule has 0 aliphatic carbocycles. The molecule has 0 aromatic heterocycles. The van der Waals surface area contributed by atoms with Crippen LogP contribution < -0.4 is 10.6 Å². The van der Waals surface area contributed by atoms with Crippen LogP contribution in [0.4, 0.5) is 0 Å². The molecule has 29 heavy (non-hydrogen) atoms. The molecule has 0 bridgehead atoms. The van der Waals surface area contributed by atoms with Crippen molar-refractivity contribution < 1.29 is 9.59 Å². The number of rotatable bonds is 8. The predicted molar refractivity (Wildman–Crippen MR) is 118 cm³/mol. The predicted octanol–water partition coefficient (Wildman–Crippen LogP) is 1.29. The lowest BCUT2D eigenvalue weighted by atomic mass is 10.00. The molecule has 0 aromatic rings. The summed E-state index contributed by atoms with van der Waals surface area (Å²) < 4.78 is 0. The van der Waals surface area contributed by atoms with Crippen molar-refractivity contribution in [1.82, 2.24) is 25.3 Å². The molecule has 168 valence electrons. The Morgan fingerprint density at radius 2 is 1.17 bits per heavy atom. The summed E-state index contributed by atoms with van der Waals surface area (Å²) in [6, 6.07) is 0. The second-order valence-electron chi connectivity index (χ2n) is 10.4. The second kappa shape index (κ2) is 10.7. The first-order chi connectivity index (χ1) is 13.5. The molecule has 0 aromatic carbocycles. The van der Waals surface area contributed by atoms with Crippen LogP contribution in [0.15, 0.2) is 0 Å². The lowest BCUT2D eigenvalue weighted by Gasteiger charge is -2.37. The fourth-order valence-electron chi connectivity index (χ4n) is 4.07. The number of piperidine rings is 1. The first-order valence-electron chi connectivity index (χ1n) is 11.3. The summed E-state index contributed by atoms with van der Waals surface area (Å²) in [5.74, 6) is 0.245. The molecule has 0 spiro atoms. The minimum absolute atomic E-state index is 0.100. The molecule has 2 saturated heterocycles. The lowest BCUT2D eigenvalue weighted by molar-refractivity contribution is -0.124. The molecule has 2 heterocycles. The van der Waals surface area contributed by atoms with Gasteiger partial charge in [0.25, 0.3) is 0 Å². The van der Waals surface area contributed by atoms with Crippen molar-refractivity contribution >= 4 is 11.8 Å². The Kier molecular flexibility index (Phi) is 8.91. The number of carbonyl (C=O) groups is 2. The third-order valence-corrected chi connectivity index (χ3v) is 5.69. The van der Waals surface area contributed by atoms with Crippen LogP contribution in [0.1, 0.15) is 60.3 Å². The molecule has 2 rings (SSSR count). The van der Waals surface area contributed by atoms with Gasteiger partial charge in [-0.25, -0.2) is 0 Å². The van der Waals surface area contributed by atoms with Crippen molar-refractivity contribution in [2.24, 2.45) is 0 Å². The molecule has 7 heteroatoms. The van der Waals surface area contributed by atoms with Crippen molar-refractivity contribution in [3.8, 4) is 0 Å². The molecule has 2 aliphatic heterocycles. The highest BCUT2D eigenvalue weighted by molar-refractivity contribution is 5.79. The Balaban J connectivity index is 1.64. The number of hydrogen-bond donors (Lipinski definition) is 2. The number of likely N-dealkylation sites (tertiary alicyclic amines) is 1. The maximum Gasteiger partial charge on any atom is 0.234 e. The minimum atomic E-state index is -0.198. The van der Waals surface area contributed by atoms with Crippen LogP contribution in [-0.2, 0) is 9.59 Å². The van der Waals surface area contributed by atoms with Gasteiger partial charge in [-0.15, -0.1) is 0 Å². The van der Waals surface area contributed by atoms with Gasteiger partial charge in [-0.1, -0.05) is 6.42 Å². The van der Waals surface area contributed by atoms with E-state index >= 15 is 0 Å². The number of carbonyl (C=O) groups excluding carboxylic acids is 2. The van der Waals surface area contributed by atoms with E-state index in [2.05, 4.69) is 39.2 Å². The van der Waals surface area contributed by atoms with E-state index in [1.807, 2.05) is 20.8 Å². The van der Waals surface area contributed by atoms with Gasteiger partial charge in [0.2, 0.25) is 11.8 Å². The first-order valence-corrected chi connectivity index (χ1v) is 11.3. The largest absolute Gasteiger partial charge is 0.350 e. The highest BCUT2D eigenvalue weighted by Gasteiger charge is 2.25. The molecule has 2 amide bonds. The van der Waals surface area contributed by atoms with Crippen molar-refractivity contribution in [2.45, 2.75) is 71.4 Å². The zero-order chi connectivity index (χ0) is 21.5. The van der Waals surface area contributed by atoms with Crippen molar-refractivity contribution in [3.05, 3.63) is 0 Å². The van der Waals surface area contributed by atoms with Crippen molar-refractivity contribution in [3.63, 3.8) is 0 Å². The molecule has 2 fully saturated rings. The average molecular weight is 410 g/mol. The van der Waals surface area contributed by atoms with Crippen molar-refractivity contribution in [2.75, 3.05) is 58.9 Å². The number of hydrogen-bond acceptors (Lipinski definition) is 5. The number of nitrogens with zero attached hydrogens (tertiary/aromatic N) is 3. The Morgan fingerprint density at radius 3 is 1.72 bits per heavy atom. The smallest absolute Gasteiger partial charge is 0.234 e.